The Morgan fingerprint density at radius 3 is 2.48 bits per heavy atom. The van der Waals surface area contributed by atoms with Gasteiger partial charge in [-0.2, -0.15) is 5.10 Å². The Kier molecular flexibility index (Phi) is 4.79. The number of halogens is 5. The zero-order valence-electron chi connectivity index (χ0n) is 13.2. The summed E-state index contributed by atoms with van der Waals surface area (Å²) in [4.78, 5) is 0. The van der Waals surface area contributed by atoms with Gasteiger partial charge in [0.25, 0.3) is 0 Å². The van der Waals surface area contributed by atoms with Crippen LogP contribution in [-0.4, -0.2) is 9.78 Å². The van der Waals surface area contributed by atoms with Gasteiger partial charge < -0.3 is 5.32 Å². The fourth-order valence-electron chi connectivity index (χ4n) is 2.62. The number of aryl methyl sites for hydroxylation is 2. The zero-order valence-corrected chi connectivity index (χ0v) is 15.5. The molecule has 0 aliphatic heterocycles. The van der Waals surface area contributed by atoms with E-state index in [-0.39, 0.29) is 20.7 Å². The summed E-state index contributed by atoms with van der Waals surface area (Å²) in [6.07, 6.45) is 0. The number of hydrogen-bond donors (Lipinski definition) is 1. The topological polar surface area (TPSA) is 29.9 Å². The average molecular weight is 431 g/mol. The molecule has 0 radical (unpaired) electrons. The lowest BCUT2D eigenvalue weighted by molar-refractivity contribution is 0.584. The Bertz CT molecular complexity index is 929. The van der Waals surface area contributed by atoms with Crippen LogP contribution in [0.3, 0.4) is 0 Å². The van der Waals surface area contributed by atoms with E-state index in [1.165, 1.54) is 16.8 Å². The number of anilines is 2. The van der Waals surface area contributed by atoms with Gasteiger partial charge in [-0.3, -0.25) is 4.68 Å². The van der Waals surface area contributed by atoms with Crippen LogP contribution < -0.4 is 5.32 Å². The first kappa shape index (κ1) is 17.8. The van der Waals surface area contributed by atoms with E-state index in [1.54, 1.807) is 20.0 Å². The monoisotopic (exact) mass is 429 g/mol. The molecule has 0 atom stereocenters. The van der Waals surface area contributed by atoms with Crippen LogP contribution in [0.4, 0.5) is 24.7 Å². The van der Waals surface area contributed by atoms with Crippen molar-refractivity contribution in [2.24, 2.45) is 7.05 Å². The number of nitrogens with one attached hydrogen (secondary N) is 1. The molecule has 0 amide bonds. The van der Waals surface area contributed by atoms with Crippen molar-refractivity contribution < 1.29 is 13.2 Å². The van der Waals surface area contributed by atoms with Crippen molar-refractivity contribution >= 4 is 39.0 Å². The molecule has 1 aromatic heterocycles. The molecule has 3 rings (SSSR count). The van der Waals surface area contributed by atoms with E-state index in [1.807, 2.05) is 0 Å². The van der Waals surface area contributed by atoms with E-state index in [4.69, 9.17) is 11.6 Å². The fourth-order valence-corrected chi connectivity index (χ4v) is 3.38. The Hall–Kier alpha value is -1.99. The lowest BCUT2D eigenvalue weighted by Crippen LogP contribution is -2.03. The summed E-state index contributed by atoms with van der Waals surface area (Å²) in [6.45, 7) is 1.69. The van der Waals surface area contributed by atoms with Crippen LogP contribution >= 0.6 is 27.5 Å². The largest absolute Gasteiger partial charge is 0.337 e. The van der Waals surface area contributed by atoms with Crippen molar-refractivity contribution in [1.29, 1.82) is 0 Å². The molecule has 8 heteroatoms. The highest BCUT2D eigenvalue weighted by Crippen LogP contribution is 2.40. The van der Waals surface area contributed by atoms with Crippen LogP contribution in [0.2, 0.25) is 5.02 Å². The van der Waals surface area contributed by atoms with Gasteiger partial charge in [-0.25, -0.2) is 13.2 Å². The molecule has 0 aliphatic carbocycles. The Morgan fingerprint density at radius 1 is 1.12 bits per heavy atom. The second-order valence-electron chi connectivity index (χ2n) is 5.40. The third kappa shape index (κ3) is 3.26. The second-order valence-corrected chi connectivity index (χ2v) is 6.66. The third-order valence-corrected chi connectivity index (χ3v) is 4.63. The molecule has 0 aliphatic rings. The minimum Gasteiger partial charge on any atom is -0.337 e. The average Bonchev–Trinajstić information content (AvgIpc) is 2.77. The summed E-state index contributed by atoms with van der Waals surface area (Å²) >= 11 is 9.29. The second kappa shape index (κ2) is 6.72. The molecule has 0 unspecified atom stereocenters. The van der Waals surface area contributed by atoms with Gasteiger partial charge in [0.15, 0.2) is 5.82 Å². The van der Waals surface area contributed by atoms with E-state index >= 15 is 0 Å². The van der Waals surface area contributed by atoms with Crippen molar-refractivity contribution in [2.45, 2.75) is 6.92 Å². The summed E-state index contributed by atoms with van der Waals surface area (Å²) in [7, 11) is 1.63. The van der Waals surface area contributed by atoms with Gasteiger partial charge in [0.05, 0.1) is 22.0 Å². The molecule has 0 fully saturated rings. The van der Waals surface area contributed by atoms with Crippen molar-refractivity contribution in [3.63, 3.8) is 0 Å². The molecule has 0 spiro atoms. The standard InChI is InChI=1S/C17H12BrClF3N3/c1-8-14(15-11(19)4-3-5-12(15)21)17(25(2)24-8)23-16-10(18)6-9(20)7-13(16)22/h3-7,23H,1-2H3. The highest BCUT2D eigenvalue weighted by molar-refractivity contribution is 9.10. The number of aromatic nitrogens is 2. The predicted molar refractivity (Wildman–Crippen MR) is 95.7 cm³/mol. The lowest BCUT2D eigenvalue weighted by Gasteiger charge is -2.14. The molecule has 25 heavy (non-hydrogen) atoms. The molecule has 0 bridgehead atoms. The Labute approximate surface area is 155 Å². The van der Waals surface area contributed by atoms with Crippen molar-refractivity contribution in [3.05, 3.63) is 63.0 Å². The van der Waals surface area contributed by atoms with Gasteiger partial charge in [-0.1, -0.05) is 17.7 Å². The summed E-state index contributed by atoms with van der Waals surface area (Å²) in [5.74, 6) is -1.70. The van der Waals surface area contributed by atoms with Crippen LogP contribution in [0.25, 0.3) is 11.1 Å². The minimum atomic E-state index is -0.795. The van der Waals surface area contributed by atoms with Gasteiger partial charge in [-0.15, -0.1) is 0 Å². The predicted octanol–water partition coefficient (Wildman–Crippen LogP) is 5.97. The van der Waals surface area contributed by atoms with Gasteiger partial charge in [0.2, 0.25) is 0 Å². The highest BCUT2D eigenvalue weighted by atomic mass is 79.9. The van der Waals surface area contributed by atoms with E-state index in [2.05, 4.69) is 26.3 Å². The van der Waals surface area contributed by atoms with Gasteiger partial charge in [0.1, 0.15) is 17.5 Å². The van der Waals surface area contributed by atoms with Crippen LogP contribution in [0.5, 0.6) is 0 Å². The first-order chi connectivity index (χ1) is 11.8. The molecule has 2 aromatic carbocycles. The quantitative estimate of drug-likeness (QED) is 0.554. The Morgan fingerprint density at radius 2 is 1.84 bits per heavy atom. The fraction of sp³-hybridized carbons (Fsp3) is 0.118. The van der Waals surface area contributed by atoms with E-state index in [9.17, 15) is 13.2 Å². The van der Waals surface area contributed by atoms with Gasteiger partial charge >= 0.3 is 0 Å². The SMILES string of the molecule is Cc1nn(C)c(Nc2c(F)cc(F)cc2Br)c1-c1c(F)cccc1Cl. The first-order valence-corrected chi connectivity index (χ1v) is 8.36. The highest BCUT2D eigenvalue weighted by Gasteiger charge is 2.22. The van der Waals surface area contributed by atoms with Gasteiger partial charge in [-0.05, 0) is 41.1 Å². The van der Waals surface area contributed by atoms with E-state index < -0.39 is 17.5 Å². The van der Waals surface area contributed by atoms with Crippen molar-refractivity contribution in [1.82, 2.24) is 9.78 Å². The number of nitrogens with zero attached hydrogens (tertiary/aromatic N) is 2. The molecule has 0 saturated carbocycles. The van der Waals surface area contributed by atoms with Crippen LogP contribution in [0.15, 0.2) is 34.8 Å². The maximum atomic E-state index is 14.4. The summed E-state index contributed by atoms with van der Waals surface area (Å²) < 4.78 is 43.5. The van der Waals surface area contributed by atoms with Crippen molar-refractivity contribution in [3.8, 4) is 11.1 Å². The third-order valence-electron chi connectivity index (χ3n) is 3.69. The molecule has 3 nitrogen and oxygen atoms in total. The maximum Gasteiger partial charge on any atom is 0.150 e. The maximum absolute atomic E-state index is 14.4. The van der Waals surface area contributed by atoms with E-state index in [0.29, 0.717) is 17.1 Å². The molecular weight excluding hydrogens is 419 g/mol. The summed E-state index contributed by atoms with van der Waals surface area (Å²) in [5, 5.41) is 7.33. The Balaban J connectivity index is 2.20. The van der Waals surface area contributed by atoms with E-state index in [0.717, 1.165) is 12.1 Å². The minimum absolute atomic E-state index is 0.0121. The zero-order chi connectivity index (χ0) is 18.3. The number of rotatable bonds is 3. The lowest BCUT2D eigenvalue weighted by atomic mass is 10.0. The smallest absolute Gasteiger partial charge is 0.150 e. The van der Waals surface area contributed by atoms with Gasteiger partial charge in [0, 0.05) is 23.2 Å². The molecule has 3 aromatic rings. The number of benzene rings is 2. The normalized spacial score (nSPS) is 11.0. The number of hydrogen-bond acceptors (Lipinski definition) is 2. The molecule has 1 heterocycles. The summed E-state index contributed by atoms with van der Waals surface area (Å²) in [6, 6.07) is 6.23. The molecule has 1 N–H and O–H groups in total. The van der Waals surface area contributed by atoms with Crippen LogP contribution in [0, 0.1) is 24.4 Å². The summed E-state index contributed by atoms with van der Waals surface area (Å²) in [5.41, 5.74) is 1.09. The first-order valence-electron chi connectivity index (χ1n) is 7.19. The molecule has 0 saturated heterocycles. The van der Waals surface area contributed by atoms with Crippen LogP contribution in [-0.2, 0) is 7.05 Å². The van der Waals surface area contributed by atoms with Crippen LogP contribution in [0.1, 0.15) is 5.69 Å². The molecule has 130 valence electrons. The van der Waals surface area contributed by atoms with Crippen molar-refractivity contribution in [2.75, 3.05) is 5.32 Å². The molecular formula is C17H12BrClF3N3.